The standard InChI is InChI=1S/C11H21NO2/c1-9-6-12(8-11(9)13)7-10-2-4-14-5-3-10/h9-11,13H,2-8H2,1H3. The number of rotatable bonds is 2. The molecule has 2 aliphatic heterocycles. The second-order valence-corrected chi connectivity index (χ2v) is 4.82. The average Bonchev–Trinajstić information content (AvgIpc) is 2.47. The molecule has 2 heterocycles. The van der Waals surface area contributed by atoms with Gasteiger partial charge in [0, 0.05) is 32.8 Å². The minimum atomic E-state index is -0.102. The van der Waals surface area contributed by atoms with Crippen molar-refractivity contribution in [3.05, 3.63) is 0 Å². The number of hydrogen-bond acceptors (Lipinski definition) is 3. The summed E-state index contributed by atoms with van der Waals surface area (Å²) in [6.45, 7) is 7.09. The van der Waals surface area contributed by atoms with Crippen LogP contribution in [0.5, 0.6) is 0 Å². The van der Waals surface area contributed by atoms with Gasteiger partial charge in [0.05, 0.1) is 6.10 Å². The fourth-order valence-corrected chi connectivity index (χ4v) is 2.49. The van der Waals surface area contributed by atoms with Gasteiger partial charge in [-0.3, -0.25) is 0 Å². The van der Waals surface area contributed by atoms with Crippen LogP contribution in [0.15, 0.2) is 0 Å². The third-order valence-corrected chi connectivity index (χ3v) is 3.51. The van der Waals surface area contributed by atoms with E-state index in [1.54, 1.807) is 0 Å². The van der Waals surface area contributed by atoms with Gasteiger partial charge in [-0.1, -0.05) is 6.92 Å². The molecule has 82 valence electrons. The van der Waals surface area contributed by atoms with Crippen LogP contribution in [0.2, 0.25) is 0 Å². The Bertz CT molecular complexity index is 170. The molecule has 0 aromatic carbocycles. The smallest absolute Gasteiger partial charge is 0.0704 e. The molecule has 2 unspecified atom stereocenters. The maximum Gasteiger partial charge on any atom is 0.0704 e. The molecule has 2 atom stereocenters. The van der Waals surface area contributed by atoms with E-state index >= 15 is 0 Å². The molecule has 0 bridgehead atoms. The van der Waals surface area contributed by atoms with Gasteiger partial charge in [-0.05, 0) is 24.7 Å². The van der Waals surface area contributed by atoms with E-state index in [-0.39, 0.29) is 6.10 Å². The van der Waals surface area contributed by atoms with Gasteiger partial charge in [-0.25, -0.2) is 0 Å². The highest BCUT2D eigenvalue weighted by Gasteiger charge is 2.29. The van der Waals surface area contributed by atoms with E-state index in [4.69, 9.17) is 4.74 Å². The first kappa shape index (κ1) is 10.4. The molecule has 3 heteroatoms. The summed E-state index contributed by atoms with van der Waals surface area (Å²) in [5.74, 6) is 1.25. The van der Waals surface area contributed by atoms with Gasteiger partial charge in [0.1, 0.15) is 0 Å². The Kier molecular flexibility index (Phi) is 3.42. The molecule has 2 fully saturated rings. The molecule has 0 spiro atoms. The molecule has 0 aromatic rings. The van der Waals surface area contributed by atoms with Crippen LogP contribution in [0.25, 0.3) is 0 Å². The third-order valence-electron chi connectivity index (χ3n) is 3.51. The van der Waals surface area contributed by atoms with Crippen LogP contribution in [0.3, 0.4) is 0 Å². The molecule has 0 aromatic heterocycles. The fourth-order valence-electron chi connectivity index (χ4n) is 2.49. The summed E-state index contributed by atoms with van der Waals surface area (Å²) in [6.07, 6.45) is 2.29. The lowest BCUT2D eigenvalue weighted by molar-refractivity contribution is 0.0538. The minimum absolute atomic E-state index is 0.102. The number of nitrogens with zero attached hydrogens (tertiary/aromatic N) is 1. The highest BCUT2D eigenvalue weighted by Crippen LogP contribution is 2.21. The predicted molar refractivity (Wildman–Crippen MR) is 55.2 cm³/mol. The molecule has 3 nitrogen and oxygen atoms in total. The van der Waals surface area contributed by atoms with Crippen LogP contribution < -0.4 is 0 Å². The lowest BCUT2D eigenvalue weighted by Crippen LogP contribution is -2.31. The SMILES string of the molecule is CC1CN(CC2CCOCC2)CC1O. The van der Waals surface area contributed by atoms with Crippen molar-refractivity contribution in [2.45, 2.75) is 25.9 Å². The quantitative estimate of drug-likeness (QED) is 0.711. The van der Waals surface area contributed by atoms with E-state index in [0.29, 0.717) is 5.92 Å². The molecule has 1 N–H and O–H groups in total. The van der Waals surface area contributed by atoms with Crippen molar-refractivity contribution in [2.75, 3.05) is 32.8 Å². The molecule has 0 aliphatic carbocycles. The van der Waals surface area contributed by atoms with Crippen LogP contribution in [-0.2, 0) is 4.74 Å². The normalized spacial score (nSPS) is 36.4. The van der Waals surface area contributed by atoms with Crippen LogP contribution in [0.4, 0.5) is 0 Å². The van der Waals surface area contributed by atoms with Gasteiger partial charge in [0.15, 0.2) is 0 Å². The molecule has 2 rings (SSSR count). The lowest BCUT2D eigenvalue weighted by Gasteiger charge is -2.26. The van der Waals surface area contributed by atoms with E-state index < -0.39 is 0 Å². The number of β-amino-alcohol motifs (C(OH)–C–C–N with tert-alkyl or cyclic N) is 1. The topological polar surface area (TPSA) is 32.7 Å². The Morgan fingerprint density at radius 2 is 2.00 bits per heavy atom. The van der Waals surface area contributed by atoms with Crippen molar-refractivity contribution in [3.63, 3.8) is 0 Å². The Morgan fingerprint density at radius 1 is 1.29 bits per heavy atom. The second kappa shape index (κ2) is 4.60. The molecule has 2 aliphatic rings. The van der Waals surface area contributed by atoms with Crippen LogP contribution in [0.1, 0.15) is 19.8 Å². The maximum absolute atomic E-state index is 9.63. The Hall–Kier alpha value is -0.120. The molecule has 14 heavy (non-hydrogen) atoms. The Labute approximate surface area is 86.0 Å². The zero-order valence-corrected chi connectivity index (χ0v) is 8.98. The summed E-state index contributed by atoms with van der Waals surface area (Å²) in [5.41, 5.74) is 0. The summed E-state index contributed by atoms with van der Waals surface area (Å²) in [7, 11) is 0. The number of hydrogen-bond donors (Lipinski definition) is 1. The van der Waals surface area contributed by atoms with Crippen molar-refractivity contribution >= 4 is 0 Å². The monoisotopic (exact) mass is 199 g/mol. The summed E-state index contributed by atoms with van der Waals surface area (Å²) >= 11 is 0. The van der Waals surface area contributed by atoms with Gasteiger partial charge in [0.25, 0.3) is 0 Å². The van der Waals surface area contributed by atoms with Gasteiger partial charge < -0.3 is 14.7 Å². The third kappa shape index (κ3) is 2.47. The maximum atomic E-state index is 9.63. The number of aliphatic hydroxyl groups is 1. The van der Waals surface area contributed by atoms with E-state index in [9.17, 15) is 5.11 Å². The molecule has 0 radical (unpaired) electrons. The molecular weight excluding hydrogens is 178 g/mol. The first-order chi connectivity index (χ1) is 6.75. The number of likely N-dealkylation sites (tertiary alicyclic amines) is 1. The zero-order valence-electron chi connectivity index (χ0n) is 8.98. The largest absolute Gasteiger partial charge is 0.391 e. The number of aliphatic hydroxyl groups excluding tert-OH is 1. The van der Waals surface area contributed by atoms with E-state index in [0.717, 1.165) is 38.8 Å². The van der Waals surface area contributed by atoms with Crippen molar-refractivity contribution in [2.24, 2.45) is 11.8 Å². The number of ether oxygens (including phenoxy) is 1. The highest BCUT2D eigenvalue weighted by atomic mass is 16.5. The van der Waals surface area contributed by atoms with Crippen molar-refractivity contribution in [1.82, 2.24) is 4.90 Å². The molecular formula is C11H21NO2. The van der Waals surface area contributed by atoms with Crippen LogP contribution in [-0.4, -0.2) is 49.0 Å². The summed E-state index contributed by atoms with van der Waals surface area (Å²) in [4.78, 5) is 2.41. The van der Waals surface area contributed by atoms with Crippen LogP contribution in [0, 0.1) is 11.8 Å². The first-order valence-electron chi connectivity index (χ1n) is 5.74. The van der Waals surface area contributed by atoms with Gasteiger partial charge >= 0.3 is 0 Å². The fraction of sp³-hybridized carbons (Fsp3) is 1.00. The summed E-state index contributed by atoms with van der Waals surface area (Å²) < 4.78 is 5.34. The van der Waals surface area contributed by atoms with E-state index in [1.807, 2.05) is 0 Å². The van der Waals surface area contributed by atoms with Crippen molar-refractivity contribution in [3.8, 4) is 0 Å². The van der Waals surface area contributed by atoms with Crippen LogP contribution >= 0.6 is 0 Å². The van der Waals surface area contributed by atoms with Gasteiger partial charge in [-0.2, -0.15) is 0 Å². The molecule has 0 saturated carbocycles. The van der Waals surface area contributed by atoms with Gasteiger partial charge in [0.2, 0.25) is 0 Å². The lowest BCUT2D eigenvalue weighted by atomic mass is 10.00. The Balaban J connectivity index is 1.74. The average molecular weight is 199 g/mol. The van der Waals surface area contributed by atoms with Gasteiger partial charge in [-0.15, -0.1) is 0 Å². The van der Waals surface area contributed by atoms with Crippen molar-refractivity contribution < 1.29 is 9.84 Å². The van der Waals surface area contributed by atoms with E-state index in [1.165, 1.54) is 12.8 Å². The summed E-state index contributed by atoms with van der Waals surface area (Å²) in [5, 5.41) is 9.63. The molecule has 0 amide bonds. The molecule has 2 saturated heterocycles. The zero-order chi connectivity index (χ0) is 9.97. The van der Waals surface area contributed by atoms with Crippen molar-refractivity contribution in [1.29, 1.82) is 0 Å². The van der Waals surface area contributed by atoms with E-state index in [2.05, 4.69) is 11.8 Å². The Morgan fingerprint density at radius 3 is 2.57 bits per heavy atom. The highest BCUT2D eigenvalue weighted by molar-refractivity contribution is 4.82. The first-order valence-corrected chi connectivity index (χ1v) is 5.74. The predicted octanol–water partition coefficient (Wildman–Crippen LogP) is 0.726. The second-order valence-electron chi connectivity index (χ2n) is 4.82. The summed E-state index contributed by atoms with van der Waals surface area (Å²) in [6, 6.07) is 0. The minimum Gasteiger partial charge on any atom is -0.391 e.